The topological polar surface area (TPSA) is 33.1 Å². The van der Waals surface area contributed by atoms with E-state index in [1.54, 1.807) is 25.1 Å². The van der Waals surface area contributed by atoms with Crippen LogP contribution < -0.4 is 0 Å². The van der Waals surface area contributed by atoms with Gasteiger partial charge in [-0.3, -0.25) is 4.98 Å². The predicted molar refractivity (Wildman–Crippen MR) is 65.3 cm³/mol. The summed E-state index contributed by atoms with van der Waals surface area (Å²) in [5, 5.41) is 9.04. The second-order valence-corrected chi connectivity index (χ2v) is 4.29. The molecule has 0 aliphatic rings. The van der Waals surface area contributed by atoms with Crippen molar-refractivity contribution >= 4 is 0 Å². The van der Waals surface area contributed by atoms with Crippen molar-refractivity contribution in [1.82, 2.24) is 4.98 Å². The molecule has 0 bridgehead atoms. The quantitative estimate of drug-likeness (QED) is 0.902. The molecule has 1 aromatic heterocycles. The third-order valence-corrected chi connectivity index (χ3v) is 2.71. The average molecular weight is 267 g/mol. The molecular formula is C14H12F3NO. The van der Waals surface area contributed by atoms with Gasteiger partial charge in [0.25, 0.3) is 0 Å². The van der Waals surface area contributed by atoms with Crippen LogP contribution in [0.2, 0.25) is 0 Å². The number of pyridine rings is 1. The van der Waals surface area contributed by atoms with E-state index in [0.717, 1.165) is 12.1 Å². The summed E-state index contributed by atoms with van der Waals surface area (Å²) in [6.45, 7) is 1.43. The summed E-state index contributed by atoms with van der Waals surface area (Å²) in [4.78, 5) is 4.04. The van der Waals surface area contributed by atoms with Crippen LogP contribution in [0.1, 0.15) is 16.7 Å². The lowest BCUT2D eigenvalue weighted by molar-refractivity contribution is -0.137. The highest BCUT2D eigenvalue weighted by Gasteiger charge is 2.31. The highest BCUT2D eigenvalue weighted by atomic mass is 19.4. The first-order valence-corrected chi connectivity index (χ1v) is 5.65. The van der Waals surface area contributed by atoms with Crippen LogP contribution in [0.15, 0.2) is 36.5 Å². The van der Waals surface area contributed by atoms with Crippen molar-refractivity contribution in [2.45, 2.75) is 19.7 Å². The third-order valence-electron chi connectivity index (χ3n) is 2.71. The van der Waals surface area contributed by atoms with Crippen molar-refractivity contribution in [3.63, 3.8) is 0 Å². The van der Waals surface area contributed by atoms with Crippen molar-refractivity contribution < 1.29 is 18.3 Å². The first-order valence-electron chi connectivity index (χ1n) is 5.65. The van der Waals surface area contributed by atoms with E-state index < -0.39 is 11.7 Å². The molecule has 2 nitrogen and oxygen atoms in total. The van der Waals surface area contributed by atoms with Gasteiger partial charge in [-0.15, -0.1) is 0 Å². The lowest BCUT2D eigenvalue weighted by atomic mass is 10.0. The van der Waals surface area contributed by atoms with E-state index in [0.29, 0.717) is 22.4 Å². The summed E-state index contributed by atoms with van der Waals surface area (Å²) >= 11 is 0. The van der Waals surface area contributed by atoms with Crippen molar-refractivity contribution in [1.29, 1.82) is 0 Å². The Morgan fingerprint density at radius 3 is 2.53 bits per heavy atom. The van der Waals surface area contributed by atoms with Crippen LogP contribution in [0.3, 0.4) is 0 Å². The lowest BCUT2D eigenvalue weighted by Crippen LogP contribution is -2.05. The van der Waals surface area contributed by atoms with Gasteiger partial charge in [0.1, 0.15) is 0 Å². The molecule has 0 saturated heterocycles. The third kappa shape index (κ3) is 3.12. The number of aliphatic hydroxyl groups excluding tert-OH is 1. The molecule has 0 saturated carbocycles. The number of aryl methyl sites for hydroxylation is 1. The predicted octanol–water partition coefficient (Wildman–Crippen LogP) is 3.57. The van der Waals surface area contributed by atoms with Crippen LogP contribution in [0.4, 0.5) is 13.2 Å². The molecule has 19 heavy (non-hydrogen) atoms. The zero-order chi connectivity index (χ0) is 14.0. The van der Waals surface area contributed by atoms with Crippen LogP contribution >= 0.6 is 0 Å². The van der Waals surface area contributed by atoms with Gasteiger partial charge in [-0.2, -0.15) is 13.2 Å². The molecule has 1 heterocycles. The number of hydrogen-bond donors (Lipinski definition) is 1. The van der Waals surface area contributed by atoms with Gasteiger partial charge in [-0.25, -0.2) is 0 Å². The maximum Gasteiger partial charge on any atom is 0.416 e. The molecule has 0 amide bonds. The maximum atomic E-state index is 12.7. The monoisotopic (exact) mass is 267 g/mol. The Labute approximate surface area is 108 Å². The van der Waals surface area contributed by atoms with Crippen molar-refractivity contribution in [3.8, 4) is 11.3 Å². The zero-order valence-electron chi connectivity index (χ0n) is 10.2. The van der Waals surface area contributed by atoms with E-state index in [1.807, 2.05) is 0 Å². The zero-order valence-corrected chi connectivity index (χ0v) is 10.2. The summed E-state index contributed by atoms with van der Waals surface area (Å²) in [6.07, 6.45) is -2.91. The van der Waals surface area contributed by atoms with Gasteiger partial charge < -0.3 is 5.11 Å². The number of benzene rings is 1. The fraction of sp³-hybridized carbons (Fsp3) is 0.214. The molecule has 5 heteroatoms. The largest absolute Gasteiger partial charge is 0.416 e. The van der Waals surface area contributed by atoms with E-state index >= 15 is 0 Å². The Kier molecular flexibility index (Phi) is 3.57. The van der Waals surface area contributed by atoms with Crippen LogP contribution in [-0.2, 0) is 12.8 Å². The number of nitrogens with zero attached hydrogens (tertiary/aromatic N) is 1. The molecule has 0 aliphatic carbocycles. The van der Waals surface area contributed by atoms with E-state index in [2.05, 4.69) is 4.98 Å². The van der Waals surface area contributed by atoms with Crippen LogP contribution in [-0.4, -0.2) is 10.1 Å². The Hall–Kier alpha value is -1.88. The molecule has 0 fully saturated rings. The molecule has 2 rings (SSSR count). The average Bonchev–Trinajstić information content (AvgIpc) is 2.37. The lowest BCUT2D eigenvalue weighted by Gasteiger charge is -2.10. The summed E-state index contributed by atoms with van der Waals surface area (Å²) in [5.74, 6) is 0. The molecular weight excluding hydrogens is 255 g/mol. The fourth-order valence-corrected chi connectivity index (χ4v) is 1.83. The number of halogens is 3. The van der Waals surface area contributed by atoms with E-state index in [9.17, 15) is 13.2 Å². The Morgan fingerprint density at radius 1 is 1.16 bits per heavy atom. The van der Waals surface area contributed by atoms with Crippen molar-refractivity contribution in [2.24, 2.45) is 0 Å². The molecule has 0 aliphatic heterocycles. The van der Waals surface area contributed by atoms with Crippen LogP contribution in [0.5, 0.6) is 0 Å². The normalized spacial score (nSPS) is 11.6. The van der Waals surface area contributed by atoms with Crippen LogP contribution in [0, 0.1) is 6.92 Å². The highest BCUT2D eigenvalue weighted by molar-refractivity contribution is 5.62. The number of aromatic nitrogens is 1. The minimum Gasteiger partial charge on any atom is -0.392 e. The molecule has 2 aromatic rings. The Bertz CT molecular complexity index is 593. The van der Waals surface area contributed by atoms with E-state index in [4.69, 9.17) is 5.11 Å². The molecule has 1 N–H and O–H groups in total. The Morgan fingerprint density at radius 2 is 1.89 bits per heavy atom. The SMILES string of the molecule is Cc1cc(-c2cc(CO)ccn2)cc(C(F)(F)F)c1. The smallest absolute Gasteiger partial charge is 0.392 e. The van der Waals surface area contributed by atoms with Gasteiger partial charge in [-0.05, 0) is 48.4 Å². The fourth-order valence-electron chi connectivity index (χ4n) is 1.83. The first-order chi connectivity index (χ1) is 8.90. The first kappa shape index (κ1) is 13.5. The second kappa shape index (κ2) is 5.01. The van der Waals surface area contributed by atoms with Gasteiger partial charge in [0.2, 0.25) is 0 Å². The van der Waals surface area contributed by atoms with Crippen LogP contribution in [0.25, 0.3) is 11.3 Å². The Balaban J connectivity index is 2.53. The van der Waals surface area contributed by atoms with Crippen molar-refractivity contribution in [3.05, 3.63) is 53.2 Å². The molecule has 0 unspecified atom stereocenters. The van der Waals surface area contributed by atoms with Gasteiger partial charge >= 0.3 is 6.18 Å². The van der Waals surface area contributed by atoms with E-state index in [1.165, 1.54) is 6.20 Å². The summed E-state index contributed by atoms with van der Waals surface area (Å²) < 4.78 is 38.2. The molecule has 1 aromatic carbocycles. The second-order valence-electron chi connectivity index (χ2n) is 4.29. The summed E-state index contributed by atoms with van der Waals surface area (Å²) in [6, 6.07) is 6.99. The molecule has 0 spiro atoms. The minimum atomic E-state index is -4.38. The minimum absolute atomic E-state index is 0.173. The van der Waals surface area contributed by atoms with Gasteiger partial charge in [0, 0.05) is 11.8 Å². The summed E-state index contributed by atoms with van der Waals surface area (Å²) in [5.41, 5.74) is 1.24. The number of aliphatic hydroxyl groups is 1. The van der Waals surface area contributed by atoms with Gasteiger partial charge in [0.05, 0.1) is 17.9 Å². The van der Waals surface area contributed by atoms with Gasteiger partial charge in [0.15, 0.2) is 0 Å². The molecule has 0 atom stereocenters. The molecule has 100 valence electrons. The number of rotatable bonds is 2. The van der Waals surface area contributed by atoms with E-state index in [-0.39, 0.29) is 6.61 Å². The van der Waals surface area contributed by atoms with Gasteiger partial charge in [-0.1, -0.05) is 0 Å². The highest BCUT2D eigenvalue weighted by Crippen LogP contribution is 2.33. The maximum absolute atomic E-state index is 12.7. The molecule has 0 radical (unpaired) electrons. The standard InChI is InChI=1S/C14H12F3NO/c1-9-4-11(7-12(5-9)14(15,16)17)13-6-10(8-19)2-3-18-13/h2-7,19H,8H2,1H3. The number of alkyl halides is 3. The van der Waals surface area contributed by atoms with Crippen molar-refractivity contribution in [2.75, 3.05) is 0 Å². The number of hydrogen-bond acceptors (Lipinski definition) is 2. The summed E-state index contributed by atoms with van der Waals surface area (Å²) in [7, 11) is 0.